The van der Waals surface area contributed by atoms with E-state index in [-0.39, 0.29) is 10.7 Å². The predicted molar refractivity (Wildman–Crippen MR) is 81.6 cm³/mol. The van der Waals surface area contributed by atoms with Gasteiger partial charge in [-0.15, -0.1) is 0 Å². The summed E-state index contributed by atoms with van der Waals surface area (Å²) in [5.74, 6) is -0.419. The zero-order valence-corrected chi connectivity index (χ0v) is 12.5. The maximum absolute atomic E-state index is 13.2. The normalized spacial score (nSPS) is 10.5. The maximum Gasteiger partial charge on any atom is 0.288 e. The van der Waals surface area contributed by atoms with Gasteiger partial charge in [-0.2, -0.15) is 0 Å². The first-order valence-corrected chi connectivity index (χ1v) is 6.76. The van der Waals surface area contributed by atoms with Crippen molar-refractivity contribution in [2.24, 2.45) is 0 Å². The van der Waals surface area contributed by atoms with Gasteiger partial charge in [0.05, 0.1) is 4.92 Å². The van der Waals surface area contributed by atoms with Crippen LogP contribution in [0.25, 0.3) is 0 Å². The Morgan fingerprint density at radius 1 is 1.24 bits per heavy atom. The van der Waals surface area contributed by atoms with Gasteiger partial charge in [-0.3, -0.25) is 10.1 Å². The Balaban J connectivity index is 2.20. The first-order chi connectivity index (χ1) is 9.86. The molecule has 0 fully saturated rings. The highest BCUT2D eigenvalue weighted by Crippen LogP contribution is 2.30. The molecule has 0 radical (unpaired) electrons. The van der Waals surface area contributed by atoms with E-state index in [1.165, 1.54) is 24.3 Å². The van der Waals surface area contributed by atoms with E-state index in [9.17, 15) is 14.5 Å². The van der Waals surface area contributed by atoms with Gasteiger partial charge in [-0.25, -0.2) is 4.39 Å². The zero-order chi connectivity index (χ0) is 15.6. The number of nitrogens with zero attached hydrogens (tertiary/aromatic N) is 1. The molecule has 4 nitrogen and oxygen atoms in total. The van der Waals surface area contributed by atoms with Crippen LogP contribution in [0, 0.1) is 22.9 Å². The Kier molecular flexibility index (Phi) is 4.65. The number of hydrogen-bond donors (Lipinski definition) is 1. The van der Waals surface area contributed by atoms with Crippen LogP contribution in [0.15, 0.2) is 30.3 Å². The van der Waals surface area contributed by atoms with Crippen molar-refractivity contribution < 1.29 is 9.31 Å². The number of aryl methyl sites for hydroxylation is 1. The molecule has 2 aromatic rings. The molecule has 0 atom stereocenters. The highest BCUT2D eigenvalue weighted by atomic mass is 35.5. The van der Waals surface area contributed by atoms with Crippen molar-refractivity contribution in [3.05, 3.63) is 67.4 Å². The molecular formula is C14H11Cl2FN2O2. The van der Waals surface area contributed by atoms with E-state index in [4.69, 9.17) is 23.2 Å². The second-order valence-electron chi connectivity index (χ2n) is 4.51. The van der Waals surface area contributed by atoms with Crippen LogP contribution in [0.1, 0.15) is 11.1 Å². The van der Waals surface area contributed by atoms with Gasteiger partial charge in [-0.05, 0) is 42.3 Å². The number of nitro groups is 1. The second kappa shape index (κ2) is 6.28. The lowest BCUT2D eigenvalue weighted by atomic mass is 10.1. The molecule has 2 aromatic carbocycles. The van der Waals surface area contributed by atoms with E-state index in [1.54, 1.807) is 13.0 Å². The Hall–Kier alpha value is -1.85. The van der Waals surface area contributed by atoms with Gasteiger partial charge >= 0.3 is 0 Å². The Morgan fingerprint density at radius 3 is 2.57 bits per heavy atom. The number of benzene rings is 2. The minimum absolute atomic E-state index is 0.0466. The summed E-state index contributed by atoms with van der Waals surface area (Å²) in [5.41, 5.74) is 1.84. The summed E-state index contributed by atoms with van der Waals surface area (Å²) in [6, 6.07) is 7.10. The third kappa shape index (κ3) is 3.83. The third-order valence-corrected chi connectivity index (χ3v) is 3.42. The number of nitrogens with one attached hydrogen (secondary N) is 1. The summed E-state index contributed by atoms with van der Waals surface area (Å²) >= 11 is 11.6. The van der Waals surface area contributed by atoms with Crippen molar-refractivity contribution in [2.45, 2.75) is 13.5 Å². The van der Waals surface area contributed by atoms with E-state index in [0.717, 1.165) is 0 Å². The standard InChI is InChI=1S/C14H11Cl2FN2O2/c1-8-2-14(19(20)21)12(16)6-13(8)18-7-9-3-10(15)5-11(17)4-9/h2-6,18H,7H2,1H3. The Morgan fingerprint density at radius 2 is 1.95 bits per heavy atom. The van der Waals surface area contributed by atoms with E-state index in [1.807, 2.05) is 0 Å². The molecule has 0 heterocycles. The predicted octanol–water partition coefficient (Wildman–Crippen LogP) is 4.96. The topological polar surface area (TPSA) is 55.2 Å². The molecule has 110 valence electrons. The molecular weight excluding hydrogens is 318 g/mol. The van der Waals surface area contributed by atoms with Crippen molar-refractivity contribution in [3.63, 3.8) is 0 Å². The van der Waals surface area contributed by atoms with Gasteiger partial charge in [-0.1, -0.05) is 23.2 Å². The van der Waals surface area contributed by atoms with Crippen molar-refractivity contribution in [2.75, 3.05) is 5.32 Å². The number of nitro benzene ring substituents is 1. The third-order valence-electron chi connectivity index (χ3n) is 2.90. The van der Waals surface area contributed by atoms with Crippen LogP contribution in [0.2, 0.25) is 10.0 Å². The molecule has 0 aromatic heterocycles. The van der Waals surface area contributed by atoms with Crippen molar-refractivity contribution in [1.82, 2.24) is 0 Å². The van der Waals surface area contributed by atoms with Crippen LogP contribution in [0.4, 0.5) is 15.8 Å². The summed E-state index contributed by atoms with van der Waals surface area (Å²) in [6.07, 6.45) is 0. The molecule has 0 unspecified atom stereocenters. The molecule has 0 bridgehead atoms. The van der Waals surface area contributed by atoms with Gasteiger partial charge in [0.15, 0.2) is 0 Å². The maximum atomic E-state index is 13.2. The van der Waals surface area contributed by atoms with E-state index in [0.29, 0.717) is 28.4 Å². The summed E-state index contributed by atoms with van der Waals surface area (Å²) in [7, 11) is 0. The second-order valence-corrected chi connectivity index (χ2v) is 5.35. The summed E-state index contributed by atoms with van der Waals surface area (Å²) < 4.78 is 13.2. The molecule has 0 aliphatic carbocycles. The minimum Gasteiger partial charge on any atom is -0.381 e. The summed E-state index contributed by atoms with van der Waals surface area (Å²) in [4.78, 5) is 10.2. The van der Waals surface area contributed by atoms with E-state index < -0.39 is 10.7 Å². The summed E-state index contributed by atoms with van der Waals surface area (Å²) in [5, 5.41) is 14.2. The highest BCUT2D eigenvalue weighted by molar-refractivity contribution is 6.33. The first kappa shape index (κ1) is 15.5. The fraction of sp³-hybridized carbons (Fsp3) is 0.143. The summed E-state index contributed by atoms with van der Waals surface area (Å²) in [6.45, 7) is 2.05. The SMILES string of the molecule is Cc1cc([N+](=O)[O-])c(Cl)cc1NCc1cc(F)cc(Cl)c1. The van der Waals surface area contributed by atoms with Crippen LogP contribution >= 0.6 is 23.2 Å². The lowest BCUT2D eigenvalue weighted by Crippen LogP contribution is -2.02. The van der Waals surface area contributed by atoms with Crippen molar-refractivity contribution in [3.8, 4) is 0 Å². The highest BCUT2D eigenvalue weighted by Gasteiger charge is 2.14. The molecule has 0 spiro atoms. The van der Waals surface area contributed by atoms with Gasteiger partial charge in [0.25, 0.3) is 5.69 Å². The molecule has 2 rings (SSSR count). The molecule has 0 aliphatic rings. The molecule has 0 amide bonds. The Bertz CT molecular complexity index is 687. The molecule has 1 N–H and O–H groups in total. The smallest absolute Gasteiger partial charge is 0.288 e. The number of hydrogen-bond acceptors (Lipinski definition) is 3. The lowest BCUT2D eigenvalue weighted by molar-refractivity contribution is -0.384. The fourth-order valence-corrected chi connectivity index (χ4v) is 2.38. The number of rotatable bonds is 4. The number of halogens is 3. The molecule has 7 heteroatoms. The van der Waals surface area contributed by atoms with Crippen LogP contribution in [0.3, 0.4) is 0 Å². The average molecular weight is 329 g/mol. The van der Waals surface area contributed by atoms with Gasteiger partial charge in [0.2, 0.25) is 0 Å². The quantitative estimate of drug-likeness (QED) is 0.637. The monoisotopic (exact) mass is 328 g/mol. The zero-order valence-electron chi connectivity index (χ0n) is 11.0. The number of anilines is 1. The van der Waals surface area contributed by atoms with Gasteiger partial charge in [0, 0.05) is 23.3 Å². The van der Waals surface area contributed by atoms with E-state index >= 15 is 0 Å². The van der Waals surface area contributed by atoms with Crippen LogP contribution in [-0.2, 0) is 6.54 Å². The van der Waals surface area contributed by atoms with Crippen molar-refractivity contribution in [1.29, 1.82) is 0 Å². The minimum atomic E-state index is -0.536. The Labute approximate surface area is 130 Å². The largest absolute Gasteiger partial charge is 0.381 e. The molecule has 0 saturated heterocycles. The van der Waals surface area contributed by atoms with Gasteiger partial charge in [0.1, 0.15) is 10.8 Å². The molecule has 21 heavy (non-hydrogen) atoms. The van der Waals surface area contributed by atoms with Crippen LogP contribution in [0.5, 0.6) is 0 Å². The average Bonchev–Trinajstić information content (AvgIpc) is 2.38. The van der Waals surface area contributed by atoms with Crippen LogP contribution in [-0.4, -0.2) is 4.92 Å². The van der Waals surface area contributed by atoms with E-state index in [2.05, 4.69) is 5.32 Å². The van der Waals surface area contributed by atoms with Crippen molar-refractivity contribution >= 4 is 34.6 Å². The molecule has 0 aliphatic heterocycles. The van der Waals surface area contributed by atoms with Gasteiger partial charge < -0.3 is 5.32 Å². The first-order valence-electron chi connectivity index (χ1n) is 6.00. The van der Waals surface area contributed by atoms with Crippen LogP contribution < -0.4 is 5.32 Å². The lowest BCUT2D eigenvalue weighted by Gasteiger charge is -2.11. The molecule has 0 saturated carbocycles. The fourth-order valence-electron chi connectivity index (χ4n) is 1.91.